The fourth-order valence-corrected chi connectivity index (χ4v) is 4.52. The Morgan fingerprint density at radius 1 is 1.04 bits per heavy atom. The summed E-state index contributed by atoms with van der Waals surface area (Å²) in [5.74, 6) is 0.232. The summed E-state index contributed by atoms with van der Waals surface area (Å²) in [5.41, 5.74) is 2.77. The molecule has 1 saturated carbocycles. The molecular weight excluding hydrogens is 372 g/mol. The number of carbonyl (C=O) groups excluding carboxylic acids is 1. The van der Waals surface area contributed by atoms with E-state index in [9.17, 15) is 13.2 Å². The Balaban J connectivity index is 1.84. The molecule has 0 radical (unpaired) electrons. The maximum atomic E-state index is 13.0. The van der Waals surface area contributed by atoms with Crippen LogP contribution in [0, 0.1) is 12.8 Å². The van der Waals surface area contributed by atoms with Crippen molar-refractivity contribution in [3.05, 3.63) is 65.2 Å². The number of rotatable bonds is 6. The molecule has 0 bridgehead atoms. The number of sulfonamides is 1. The number of benzene rings is 2. The molecule has 1 aliphatic carbocycles. The average Bonchev–Trinajstić information content (AvgIpc) is 2.68. The standard InChI is InChI=1S/C22H28N2O3S/c1-16-13-14-19(15-20(16)24-28(2,26)27)22(25)23-21(17-9-5-3-6-10-17)18-11-7-4-8-12-18/h3,5-6,9-10,13-15,18,21,24H,4,7-8,11-12H2,1-2H3,(H,23,25)/t21-/m1/s1. The van der Waals surface area contributed by atoms with E-state index in [1.54, 1.807) is 18.2 Å². The quantitative estimate of drug-likeness (QED) is 0.754. The first-order valence-electron chi connectivity index (χ1n) is 9.78. The molecule has 3 rings (SSSR count). The lowest BCUT2D eigenvalue weighted by atomic mass is 9.81. The minimum absolute atomic E-state index is 0.0402. The number of nitrogens with one attached hydrogen (secondary N) is 2. The Morgan fingerprint density at radius 2 is 1.71 bits per heavy atom. The van der Waals surface area contributed by atoms with Gasteiger partial charge in [-0.05, 0) is 48.9 Å². The largest absolute Gasteiger partial charge is 0.345 e. The molecule has 0 aromatic heterocycles. The van der Waals surface area contributed by atoms with Gasteiger partial charge in [0.1, 0.15) is 0 Å². The topological polar surface area (TPSA) is 75.3 Å². The highest BCUT2D eigenvalue weighted by molar-refractivity contribution is 7.92. The van der Waals surface area contributed by atoms with Gasteiger partial charge in [-0.2, -0.15) is 0 Å². The van der Waals surface area contributed by atoms with E-state index in [4.69, 9.17) is 0 Å². The third-order valence-corrected chi connectivity index (χ3v) is 5.95. The van der Waals surface area contributed by atoms with Crippen molar-refractivity contribution in [1.82, 2.24) is 5.32 Å². The van der Waals surface area contributed by atoms with Crippen LogP contribution < -0.4 is 10.0 Å². The molecule has 1 amide bonds. The van der Waals surface area contributed by atoms with Crippen molar-refractivity contribution in [3.63, 3.8) is 0 Å². The number of aryl methyl sites for hydroxylation is 1. The van der Waals surface area contributed by atoms with Crippen LogP contribution in [0.4, 0.5) is 5.69 Å². The summed E-state index contributed by atoms with van der Waals surface area (Å²) in [4.78, 5) is 13.0. The minimum atomic E-state index is -3.41. The SMILES string of the molecule is Cc1ccc(C(=O)N[C@H](c2ccccc2)C2CCCCC2)cc1NS(C)(=O)=O. The van der Waals surface area contributed by atoms with Gasteiger partial charge in [0, 0.05) is 5.56 Å². The zero-order valence-corrected chi connectivity index (χ0v) is 17.3. The predicted molar refractivity (Wildman–Crippen MR) is 113 cm³/mol. The Labute approximate surface area is 167 Å². The fourth-order valence-electron chi connectivity index (χ4n) is 3.90. The van der Waals surface area contributed by atoms with Crippen LogP contribution >= 0.6 is 0 Å². The second-order valence-corrected chi connectivity index (χ2v) is 9.41. The van der Waals surface area contributed by atoms with E-state index in [0.717, 1.165) is 30.2 Å². The molecular formula is C22H28N2O3S. The van der Waals surface area contributed by atoms with Gasteiger partial charge in [0.15, 0.2) is 0 Å². The van der Waals surface area contributed by atoms with Gasteiger partial charge in [0.05, 0.1) is 18.0 Å². The molecule has 5 nitrogen and oxygen atoms in total. The van der Waals surface area contributed by atoms with Gasteiger partial charge in [-0.1, -0.05) is 55.7 Å². The molecule has 1 fully saturated rings. The van der Waals surface area contributed by atoms with E-state index in [-0.39, 0.29) is 11.9 Å². The van der Waals surface area contributed by atoms with Gasteiger partial charge in [0.2, 0.25) is 10.0 Å². The molecule has 150 valence electrons. The van der Waals surface area contributed by atoms with Crippen LogP contribution in [0.15, 0.2) is 48.5 Å². The van der Waals surface area contributed by atoms with Crippen molar-refractivity contribution in [2.45, 2.75) is 45.1 Å². The first-order chi connectivity index (χ1) is 13.3. The normalized spacial score (nSPS) is 16.4. The summed E-state index contributed by atoms with van der Waals surface area (Å²) in [7, 11) is -3.41. The van der Waals surface area contributed by atoms with Crippen LogP contribution in [0.1, 0.15) is 59.6 Å². The summed E-state index contributed by atoms with van der Waals surface area (Å²) in [6.45, 7) is 1.81. The lowest BCUT2D eigenvalue weighted by Crippen LogP contribution is -2.34. The van der Waals surface area contributed by atoms with E-state index < -0.39 is 10.0 Å². The van der Waals surface area contributed by atoms with Crippen LogP contribution in [0.5, 0.6) is 0 Å². The molecule has 0 spiro atoms. The third-order valence-electron chi connectivity index (χ3n) is 5.36. The zero-order chi connectivity index (χ0) is 20.1. The van der Waals surface area contributed by atoms with Gasteiger partial charge in [-0.3, -0.25) is 9.52 Å². The number of anilines is 1. The van der Waals surface area contributed by atoms with Gasteiger partial charge < -0.3 is 5.32 Å². The van der Waals surface area contributed by atoms with E-state index in [1.165, 1.54) is 19.3 Å². The van der Waals surface area contributed by atoms with E-state index in [0.29, 0.717) is 17.2 Å². The Bertz CT molecular complexity index is 920. The van der Waals surface area contributed by atoms with Crippen molar-refractivity contribution in [1.29, 1.82) is 0 Å². The molecule has 6 heteroatoms. The number of amides is 1. The molecule has 2 N–H and O–H groups in total. The van der Waals surface area contributed by atoms with Crippen molar-refractivity contribution in [2.24, 2.45) is 5.92 Å². The summed E-state index contributed by atoms with van der Waals surface area (Å²) in [5, 5.41) is 3.21. The number of carbonyl (C=O) groups is 1. The van der Waals surface area contributed by atoms with Crippen molar-refractivity contribution in [3.8, 4) is 0 Å². The van der Waals surface area contributed by atoms with Crippen LogP contribution in [0.2, 0.25) is 0 Å². The molecule has 28 heavy (non-hydrogen) atoms. The second kappa shape index (κ2) is 8.78. The van der Waals surface area contributed by atoms with E-state index in [1.807, 2.05) is 25.1 Å². The maximum Gasteiger partial charge on any atom is 0.251 e. The second-order valence-electron chi connectivity index (χ2n) is 7.66. The minimum Gasteiger partial charge on any atom is -0.345 e. The highest BCUT2D eigenvalue weighted by Crippen LogP contribution is 2.34. The molecule has 1 atom stereocenters. The van der Waals surface area contributed by atoms with Crippen LogP contribution in [0.3, 0.4) is 0 Å². The van der Waals surface area contributed by atoms with Gasteiger partial charge in [-0.25, -0.2) is 8.42 Å². The Hall–Kier alpha value is -2.34. The molecule has 2 aromatic carbocycles. The van der Waals surface area contributed by atoms with Gasteiger partial charge >= 0.3 is 0 Å². The lowest BCUT2D eigenvalue weighted by molar-refractivity contribution is 0.0912. The molecule has 1 aliphatic rings. The van der Waals surface area contributed by atoms with Crippen LogP contribution in [-0.2, 0) is 10.0 Å². The average molecular weight is 401 g/mol. The Morgan fingerprint density at radius 3 is 2.36 bits per heavy atom. The van der Waals surface area contributed by atoms with Crippen molar-refractivity contribution < 1.29 is 13.2 Å². The Kier molecular flexibility index (Phi) is 6.39. The third kappa shape index (κ3) is 5.35. The highest BCUT2D eigenvalue weighted by Gasteiger charge is 2.27. The smallest absolute Gasteiger partial charge is 0.251 e. The molecule has 0 aliphatic heterocycles. The number of hydrogen-bond acceptors (Lipinski definition) is 3. The zero-order valence-electron chi connectivity index (χ0n) is 16.4. The van der Waals surface area contributed by atoms with Crippen LogP contribution in [-0.4, -0.2) is 20.6 Å². The fraction of sp³-hybridized carbons (Fsp3) is 0.409. The van der Waals surface area contributed by atoms with E-state index >= 15 is 0 Å². The van der Waals surface area contributed by atoms with Gasteiger partial charge in [-0.15, -0.1) is 0 Å². The van der Waals surface area contributed by atoms with E-state index in [2.05, 4.69) is 22.2 Å². The van der Waals surface area contributed by atoms with Crippen LogP contribution in [0.25, 0.3) is 0 Å². The van der Waals surface area contributed by atoms with Crippen molar-refractivity contribution >= 4 is 21.6 Å². The maximum absolute atomic E-state index is 13.0. The monoisotopic (exact) mass is 400 g/mol. The van der Waals surface area contributed by atoms with Gasteiger partial charge in [0.25, 0.3) is 5.91 Å². The predicted octanol–water partition coefficient (Wildman–Crippen LogP) is 4.42. The lowest BCUT2D eigenvalue weighted by Gasteiger charge is -2.31. The molecule has 2 aromatic rings. The first-order valence-corrected chi connectivity index (χ1v) is 11.7. The summed E-state index contributed by atoms with van der Waals surface area (Å²) in [6, 6.07) is 15.2. The molecule has 0 heterocycles. The summed E-state index contributed by atoms with van der Waals surface area (Å²) >= 11 is 0. The summed E-state index contributed by atoms with van der Waals surface area (Å²) < 4.78 is 25.7. The van der Waals surface area contributed by atoms with Crippen molar-refractivity contribution in [2.75, 3.05) is 11.0 Å². The molecule has 0 unspecified atom stereocenters. The summed E-state index contributed by atoms with van der Waals surface area (Å²) in [6.07, 6.45) is 6.95. The highest BCUT2D eigenvalue weighted by atomic mass is 32.2. The molecule has 0 saturated heterocycles. The number of hydrogen-bond donors (Lipinski definition) is 2. The first kappa shape index (κ1) is 20.4.